The molecule has 24 heavy (non-hydrogen) atoms. The SMILES string of the molecule is COc1ccc(C)cc1/C=C/C(=O)NNC(=O)c1ccc(F)cc1. The zero-order valence-corrected chi connectivity index (χ0v) is 13.3. The Balaban J connectivity index is 1.94. The van der Waals surface area contributed by atoms with E-state index in [1.54, 1.807) is 13.2 Å². The molecule has 0 aromatic heterocycles. The second kappa shape index (κ2) is 7.92. The summed E-state index contributed by atoms with van der Waals surface area (Å²) in [6.45, 7) is 1.93. The van der Waals surface area contributed by atoms with Gasteiger partial charge in [-0.2, -0.15) is 0 Å². The molecule has 0 aliphatic carbocycles. The van der Waals surface area contributed by atoms with Gasteiger partial charge in [-0.1, -0.05) is 11.6 Å². The number of amides is 2. The zero-order chi connectivity index (χ0) is 17.5. The molecule has 2 N–H and O–H groups in total. The molecule has 0 bridgehead atoms. The van der Waals surface area contributed by atoms with Crippen LogP contribution in [-0.2, 0) is 4.79 Å². The van der Waals surface area contributed by atoms with E-state index in [0.717, 1.165) is 11.1 Å². The minimum absolute atomic E-state index is 0.237. The smallest absolute Gasteiger partial charge is 0.269 e. The summed E-state index contributed by atoms with van der Waals surface area (Å²) in [6, 6.07) is 10.6. The van der Waals surface area contributed by atoms with Crippen molar-refractivity contribution >= 4 is 17.9 Å². The Bertz CT molecular complexity index is 770. The van der Waals surface area contributed by atoms with Gasteiger partial charge in [0, 0.05) is 17.2 Å². The molecule has 0 unspecified atom stereocenters. The molecule has 5 nitrogen and oxygen atoms in total. The molecule has 0 spiro atoms. The Morgan fingerprint density at radius 2 is 1.79 bits per heavy atom. The van der Waals surface area contributed by atoms with Gasteiger partial charge in [0.05, 0.1) is 7.11 Å². The second-order valence-electron chi connectivity index (χ2n) is 5.03. The van der Waals surface area contributed by atoms with Crippen LogP contribution in [0.2, 0.25) is 0 Å². The molecule has 124 valence electrons. The van der Waals surface area contributed by atoms with Crippen LogP contribution in [0.4, 0.5) is 4.39 Å². The fraction of sp³-hybridized carbons (Fsp3) is 0.111. The van der Waals surface area contributed by atoms with Crippen molar-refractivity contribution in [2.24, 2.45) is 0 Å². The van der Waals surface area contributed by atoms with Crippen LogP contribution in [0.15, 0.2) is 48.5 Å². The van der Waals surface area contributed by atoms with Crippen molar-refractivity contribution in [2.45, 2.75) is 6.92 Å². The molecule has 0 aliphatic heterocycles. The first kappa shape index (κ1) is 17.2. The summed E-state index contributed by atoms with van der Waals surface area (Å²) < 4.78 is 18.0. The molecule has 0 aliphatic rings. The van der Waals surface area contributed by atoms with Crippen LogP contribution in [-0.4, -0.2) is 18.9 Å². The molecule has 6 heteroatoms. The minimum atomic E-state index is -0.537. The molecule has 2 aromatic rings. The highest BCUT2D eigenvalue weighted by molar-refractivity contribution is 5.98. The lowest BCUT2D eigenvalue weighted by Gasteiger charge is -2.06. The van der Waals surface area contributed by atoms with Crippen molar-refractivity contribution in [3.63, 3.8) is 0 Å². The minimum Gasteiger partial charge on any atom is -0.496 e. The molecule has 0 atom stereocenters. The molecular weight excluding hydrogens is 311 g/mol. The summed E-state index contributed by atoms with van der Waals surface area (Å²) in [7, 11) is 1.55. The fourth-order valence-corrected chi connectivity index (χ4v) is 1.98. The van der Waals surface area contributed by atoms with Gasteiger partial charge in [-0.25, -0.2) is 4.39 Å². The molecule has 0 saturated heterocycles. The van der Waals surface area contributed by atoms with Crippen molar-refractivity contribution in [1.29, 1.82) is 0 Å². The molecule has 0 saturated carbocycles. The van der Waals surface area contributed by atoms with Gasteiger partial charge in [0.1, 0.15) is 11.6 Å². The third-order valence-corrected chi connectivity index (χ3v) is 3.21. The highest BCUT2D eigenvalue weighted by Crippen LogP contribution is 2.20. The number of hydrogen-bond acceptors (Lipinski definition) is 3. The summed E-state index contributed by atoms with van der Waals surface area (Å²) in [5.41, 5.74) is 6.52. The van der Waals surface area contributed by atoms with Crippen LogP contribution in [0.5, 0.6) is 5.75 Å². The van der Waals surface area contributed by atoms with Gasteiger partial charge >= 0.3 is 0 Å². The maximum atomic E-state index is 12.8. The average Bonchev–Trinajstić information content (AvgIpc) is 2.58. The summed E-state index contributed by atoms with van der Waals surface area (Å²) in [5, 5.41) is 0. The van der Waals surface area contributed by atoms with Gasteiger partial charge < -0.3 is 4.74 Å². The number of aryl methyl sites for hydroxylation is 1. The maximum absolute atomic E-state index is 12.8. The van der Waals surface area contributed by atoms with Crippen molar-refractivity contribution < 1.29 is 18.7 Å². The topological polar surface area (TPSA) is 67.4 Å². The van der Waals surface area contributed by atoms with Gasteiger partial charge in [-0.05, 0) is 49.4 Å². The van der Waals surface area contributed by atoms with Crippen molar-refractivity contribution in [1.82, 2.24) is 10.9 Å². The van der Waals surface area contributed by atoms with Crippen molar-refractivity contribution in [3.8, 4) is 5.75 Å². The van der Waals surface area contributed by atoms with Crippen LogP contribution in [0.1, 0.15) is 21.5 Å². The number of carbonyl (C=O) groups is 2. The van der Waals surface area contributed by atoms with E-state index >= 15 is 0 Å². The monoisotopic (exact) mass is 328 g/mol. The number of carbonyl (C=O) groups excluding carboxylic acids is 2. The molecule has 2 aromatic carbocycles. The van der Waals surface area contributed by atoms with E-state index in [-0.39, 0.29) is 5.56 Å². The number of ether oxygens (including phenoxy) is 1. The Morgan fingerprint density at radius 1 is 1.08 bits per heavy atom. The third kappa shape index (κ3) is 4.67. The Morgan fingerprint density at radius 3 is 2.46 bits per heavy atom. The van der Waals surface area contributed by atoms with Crippen LogP contribution in [0.3, 0.4) is 0 Å². The van der Waals surface area contributed by atoms with Gasteiger partial charge in [-0.15, -0.1) is 0 Å². The lowest BCUT2D eigenvalue weighted by atomic mass is 10.1. The Labute approximate surface area is 139 Å². The molecule has 2 rings (SSSR count). The number of hydrazine groups is 1. The maximum Gasteiger partial charge on any atom is 0.269 e. The number of benzene rings is 2. The molecule has 0 radical (unpaired) electrons. The zero-order valence-electron chi connectivity index (χ0n) is 13.3. The van der Waals surface area contributed by atoms with E-state index in [1.807, 2.05) is 25.1 Å². The standard InChI is InChI=1S/C18H17FN2O3/c1-12-3-9-16(24-2)14(11-12)6-10-17(22)20-21-18(23)13-4-7-15(19)8-5-13/h3-11H,1-2H3,(H,20,22)(H,21,23)/b10-6+. The fourth-order valence-electron chi connectivity index (χ4n) is 1.98. The summed E-state index contributed by atoms with van der Waals surface area (Å²) in [6.07, 6.45) is 2.87. The summed E-state index contributed by atoms with van der Waals surface area (Å²) >= 11 is 0. The van der Waals surface area contributed by atoms with E-state index < -0.39 is 17.6 Å². The number of nitrogens with one attached hydrogen (secondary N) is 2. The summed E-state index contributed by atoms with van der Waals surface area (Å²) in [5.74, 6) is -0.843. The van der Waals surface area contributed by atoms with E-state index in [2.05, 4.69) is 10.9 Å². The quantitative estimate of drug-likeness (QED) is 0.670. The first-order valence-corrected chi connectivity index (χ1v) is 7.18. The van der Waals surface area contributed by atoms with Gasteiger partial charge in [0.25, 0.3) is 11.8 Å². The van der Waals surface area contributed by atoms with E-state index in [1.165, 1.54) is 30.3 Å². The molecule has 2 amide bonds. The molecule has 0 heterocycles. The van der Waals surface area contributed by atoms with Crippen molar-refractivity contribution in [3.05, 3.63) is 71.0 Å². The highest BCUT2D eigenvalue weighted by atomic mass is 19.1. The third-order valence-electron chi connectivity index (χ3n) is 3.21. The largest absolute Gasteiger partial charge is 0.496 e. The normalized spacial score (nSPS) is 10.5. The Kier molecular flexibility index (Phi) is 5.68. The van der Waals surface area contributed by atoms with Gasteiger partial charge in [0.2, 0.25) is 0 Å². The van der Waals surface area contributed by atoms with Crippen LogP contribution in [0.25, 0.3) is 6.08 Å². The highest BCUT2D eigenvalue weighted by Gasteiger charge is 2.06. The lowest BCUT2D eigenvalue weighted by molar-refractivity contribution is -0.117. The first-order valence-electron chi connectivity index (χ1n) is 7.18. The van der Waals surface area contributed by atoms with Crippen molar-refractivity contribution in [2.75, 3.05) is 7.11 Å². The predicted octanol–water partition coefficient (Wildman–Crippen LogP) is 2.62. The Hall–Kier alpha value is -3.15. The van der Waals surface area contributed by atoms with Crippen LogP contribution < -0.4 is 15.6 Å². The molecular formula is C18H17FN2O3. The summed E-state index contributed by atoms with van der Waals surface area (Å²) in [4.78, 5) is 23.6. The number of methoxy groups -OCH3 is 1. The van der Waals surface area contributed by atoms with Gasteiger partial charge in [-0.3, -0.25) is 20.4 Å². The predicted molar refractivity (Wildman–Crippen MR) is 88.8 cm³/mol. The number of rotatable bonds is 4. The molecule has 0 fully saturated rings. The van der Waals surface area contributed by atoms with Gasteiger partial charge in [0.15, 0.2) is 0 Å². The van der Waals surface area contributed by atoms with E-state index in [0.29, 0.717) is 5.75 Å². The average molecular weight is 328 g/mol. The number of hydrogen-bond donors (Lipinski definition) is 2. The van der Waals surface area contributed by atoms with E-state index in [9.17, 15) is 14.0 Å². The lowest BCUT2D eigenvalue weighted by Crippen LogP contribution is -2.40. The van der Waals surface area contributed by atoms with E-state index in [4.69, 9.17) is 4.74 Å². The number of halogens is 1. The second-order valence-corrected chi connectivity index (χ2v) is 5.03. The van der Waals surface area contributed by atoms with Crippen LogP contribution >= 0.6 is 0 Å². The first-order chi connectivity index (χ1) is 11.5. The van der Waals surface area contributed by atoms with Crippen LogP contribution in [0, 0.1) is 12.7 Å².